The molecule has 6 aromatic rings. The van der Waals surface area contributed by atoms with Gasteiger partial charge >= 0.3 is 191 Å². The van der Waals surface area contributed by atoms with Crippen LogP contribution in [0.2, 0.25) is 0 Å². The van der Waals surface area contributed by atoms with Crippen molar-refractivity contribution in [2.75, 3.05) is 0 Å². The predicted molar refractivity (Wildman–Crippen MR) is 138 cm³/mol. The minimum atomic E-state index is 1.31. The van der Waals surface area contributed by atoms with Crippen LogP contribution in [-0.4, -0.2) is 15.6 Å². The van der Waals surface area contributed by atoms with E-state index in [9.17, 15) is 0 Å². The summed E-state index contributed by atoms with van der Waals surface area (Å²) in [5.41, 5.74) is 5.64. The summed E-state index contributed by atoms with van der Waals surface area (Å²) >= 11 is 3.51. The third-order valence-corrected chi connectivity index (χ3v) is 8.69. The van der Waals surface area contributed by atoms with E-state index in [1.165, 1.54) is 91.0 Å². The Labute approximate surface area is 191 Å². The Bertz CT molecular complexity index is 1960. The van der Waals surface area contributed by atoms with Crippen LogP contribution in [0.3, 0.4) is 0 Å². The molecule has 144 valence electrons. The van der Waals surface area contributed by atoms with Crippen molar-refractivity contribution in [2.45, 2.75) is 0 Å². The first-order chi connectivity index (χ1) is 15.8. The van der Waals surface area contributed by atoms with Crippen molar-refractivity contribution in [3.05, 3.63) is 89.0 Å². The van der Waals surface area contributed by atoms with Gasteiger partial charge < -0.3 is 0 Å². The Kier molecular flexibility index (Phi) is 2.58. The second kappa shape index (κ2) is 5.10. The molecule has 0 spiro atoms. The fourth-order valence-corrected chi connectivity index (χ4v) is 7.54. The van der Waals surface area contributed by atoms with Gasteiger partial charge in [-0.2, -0.15) is 0 Å². The fourth-order valence-electron chi connectivity index (χ4n) is 6.65. The second-order valence-electron chi connectivity index (χ2n) is 9.19. The Morgan fingerprint density at radius 3 is 1.06 bits per heavy atom. The number of rotatable bonds is 0. The van der Waals surface area contributed by atoms with Crippen LogP contribution < -0.4 is 0 Å². The van der Waals surface area contributed by atoms with Crippen molar-refractivity contribution in [3.8, 4) is 22.3 Å². The van der Waals surface area contributed by atoms with Crippen LogP contribution in [0.25, 0.3) is 86.9 Å². The molecule has 32 heavy (non-hydrogen) atoms. The van der Waals surface area contributed by atoms with Crippen molar-refractivity contribution >= 4 is 80.2 Å². The van der Waals surface area contributed by atoms with Crippen molar-refractivity contribution < 1.29 is 0 Å². The van der Waals surface area contributed by atoms with E-state index in [2.05, 4.69) is 101 Å². The number of hydrogen-bond donors (Lipinski definition) is 0. The molecule has 0 N–H and O–H groups in total. The summed E-state index contributed by atoms with van der Waals surface area (Å²) in [6.07, 6.45) is 0. The summed E-state index contributed by atoms with van der Waals surface area (Å²) in [5.74, 6) is 0. The molecule has 0 radical (unpaired) electrons. The molecular weight excluding hydrogens is 451 g/mol. The van der Waals surface area contributed by atoms with Crippen LogP contribution in [0.5, 0.6) is 0 Å². The van der Waals surface area contributed by atoms with Gasteiger partial charge in [-0.1, -0.05) is 0 Å². The summed E-state index contributed by atoms with van der Waals surface area (Å²) in [5, 5.41) is 16.5. The molecule has 3 aliphatic rings. The van der Waals surface area contributed by atoms with Gasteiger partial charge in [0.1, 0.15) is 0 Å². The molecule has 1 heteroatoms. The summed E-state index contributed by atoms with van der Waals surface area (Å²) in [4.78, 5) is 0. The molecule has 0 fully saturated rings. The molecule has 0 saturated heterocycles. The Morgan fingerprint density at radius 2 is 0.688 bits per heavy atom. The maximum atomic E-state index is 3.51. The molecular formula is C31H14Se. The number of benzene rings is 6. The maximum absolute atomic E-state index is 3.51. The molecule has 0 aromatic heterocycles. The Morgan fingerprint density at radius 1 is 0.344 bits per heavy atom. The van der Waals surface area contributed by atoms with Crippen molar-refractivity contribution in [2.24, 2.45) is 0 Å². The first-order valence-corrected chi connectivity index (χ1v) is 11.9. The van der Waals surface area contributed by atoms with E-state index >= 15 is 0 Å². The topological polar surface area (TPSA) is 0 Å². The van der Waals surface area contributed by atoms with Gasteiger partial charge in [-0.25, -0.2) is 0 Å². The summed E-state index contributed by atoms with van der Waals surface area (Å²) in [6.45, 7) is 0. The zero-order valence-corrected chi connectivity index (χ0v) is 18.7. The van der Waals surface area contributed by atoms with Gasteiger partial charge in [-0.05, 0) is 0 Å². The van der Waals surface area contributed by atoms with Crippen molar-refractivity contribution in [1.82, 2.24) is 0 Å². The molecule has 0 unspecified atom stereocenters. The van der Waals surface area contributed by atoms with Gasteiger partial charge in [0.15, 0.2) is 0 Å². The van der Waals surface area contributed by atoms with Crippen LogP contribution in [0, 0.1) is 4.06 Å². The molecule has 0 amide bonds. The first-order valence-electron chi connectivity index (χ1n) is 11.1. The minimum absolute atomic E-state index is 1.31. The predicted octanol–water partition coefficient (Wildman–Crippen LogP) is 8.27. The van der Waals surface area contributed by atoms with E-state index in [4.69, 9.17) is 0 Å². The van der Waals surface area contributed by atoms with Crippen LogP contribution >= 0.6 is 0 Å². The average molecular weight is 465 g/mol. The fraction of sp³-hybridized carbons (Fsp3) is 0. The molecule has 9 rings (SSSR count). The molecule has 0 aliphatic heterocycles. The standard InChI is InChI=1S/C31H14Se/c32-31-29-21-13-9-17-5-1-3-15-7-11-19(25(21)23(15)17)27(29)28-20-12-8-16-4-2-6-18-10-14-22(30(28)31)26(20)24(16)18/h1-14H. The SMILES string of the molecule is [Se]=c1c2c3ccc4cccc5ccc(c-2c2c6ccc7cccc8ccc(c1-2)c6c78)c3c54. The van der Waals surface area contributed by atoms with E-state index < -0.39 is 0 Å². The normalized spacial score (nSPS) is 13.1. The number of fused-ring (bicyclic) bond motifs is 7. The Balaban J connectivity index is 1.65. The van der Waals surface area contributed by atoms with Crippen LogP contribution in [0.15, 0.2) is 84.9 Å². The number of hydrogen-bond acceptors (Lipinski definition) is 0. The van der Waals surface area contributed by atoms with Gasteiger partial charge in [-0.3, -0.25) is 0 Å². The average Bonchev–Trinajstić information content (AvgIpc) is 3.44. The van der Waals surface area contributed by atoms with Crippen LogP contribution in [0.1, 0.15) is 0 Å². The third kappa shape index (κ3) is 1.58. The van der Waals surface area contributed by atoms with Crippen LogP contribution in [0.4, 0.5) is 0 Å². The zero-order valence-electron chi connectivity index (χ0n) is 17.0. The van der Waals surface area contributed by atoms with Crippen LogP contribution in [-0.2, 0) is 0 Å². The second-order valence-corrected chi connectivity index (χ2v) is 10.0. The summed E-state index contributed by atoms with van der Waals surface area (Å²) in [6, 6.07) is 31.9. The van der Waals surface area contributed by atoms with Gasteiger partial charge in [-0.15, -0.1) is 0 Å². The van der Waals surface area contributed by atoms with E-state index in [0.717, 1.165) is 0 Å². The van der Waals surface area contributed by atoms with Gasteiger partial charge in [0.2, 0.25) is 0 Å². The molecule has 0 atom stereocenters. The monoisotopic (exact) mass is 466 g/mol. The quantitative estimate of drug-likeness (QED) is 0.198. The van der Waals surface area contributed by atoms with Gasteiger partial charge in [0.05, 0.1) is 0 Å². The summed E-state index contributed by atoms with van der Waals surface area (Å²) < 4.78 is 1.31. The van der Waals surface area contributed by atoms with Gasteiger partial charge in [0.25, 0.3) is 0 Å². The summed E-state index contributed by atoms with van der Waals surface area (Å²) in [7, 11) is 0. The van der Waals surface area contributed by atoms with E-state index in [0.29, 0.717) is 0 Å². The van der Waals surface area contributed by atoms with Crippen molar-refractivity contribution in [3.63, 3.8) is 0 Å². The van der Waals surface area contributed by atoms with E-state index in [1.54, 1.807) is 0 Å². The molecule has 0 heterocycles. The molecule has 0 bridgehead atoms. The Hall–Kier alpha value is -3.51. The van der Waals surface area contributed by atoms with Crippen molar-refractivity contribution in [1.29, 1.82) is 0 Å². The molecule has 6 aromatic carbocycles. The molecule has 3 aliphatic carbocycles. The molecule has 0 nitrogen and oxygen atoms in total. The molecule has 0 saturated carbocycles. The first kappa shape index (κ1) is 16.2. The van der Waals surface area contributed by atoms with E-state index in [1.807, 2.05) is 0 Å². The third-order valence-electron chi connectivity index (χ3n) is 7.83. The van der Waals surface area contributed by atoms with E-state index in [-0.39, 0.29) is 0 Å². The van der Waals surface area contributed by atoms with Gasteiger partial charge in [0, 0.05) is 0 Å². The zero-order chi connectivity index (χ0) is 20.7.